The van der Waals surface area contributed by atoms with E-state index in [1.54, 1.807) is 73.7 Å². The van der Waals surface area contributed by atoms with Crippen molar-refractivity contribution < 1.29 is 14.3 Å². The molecule has 1 amide bonds. The van der Waals surface area contributed by atoms with Gasteiger partial charge >= 0.3 is 5.97 Å². The van der Waals surface area contributed by atoms with Crippen LogP contribution in [-0.4, -0.2) is 11.9 Å². The molecule has 0 bridgehead atoms. The molecule has 0 aliphatic rings. The zero-order chi connectivity index (χ0) is 22.4. The van der Waals surface area contributed by atoms with Gasteiger partial charge in [0.25, 0.3) is 5.91 Å². The molecule has 0 saturated heterocycles. The van der Waals surface area contributed by atoms with Crippen LogP contribution >= 0.6 is 23.2 Å². The van der Waals surface area contributed by atoms with Crippen molar-refractivity contribution in [1.29, 1.82) is 5.26 Å². The van der Waals surface area contributed by atoms with Crippen molar-refractivity contribution in [1.82, 2.24) is 0 Å². The maximum Gasteiger partial charge on any atom is 0.343 e. The molecule has 5 nitrogen and oxygen atoms in total. The molecule has 0 fully saturated rings. The first kappa shape index (κ1) is 22.1. The monoisotopic (exact) mass is 450 g/mol. The normalized spacial score (nSPS) is 10.8. The Morgan fingerprint density at radius 3 is 2.42 bits per heavy atom. The van der Waals surface area contributed by atoms with E-state index in [-0.39, 0.29) is 11.3 Å². The van der Waals surface area contributed by atoms with Gasteiger partial charge in [-0.2, -0.15) is 5.26 Å². The van der Waals surface area contributed by atoms with Gasteiger partial charge in [0.05, 0.1) is 16.3 Å². The van der Waals surface area contributed by atoms with Gasteiger partial charge in [0.15, 0.2) is 0 Å². The number of nitrogens with zero attached hydrogens (tertiary/aromatic N) is 1. The predicted molar refractivity (Wildman–Crippen MR) is 121 cm³/mol. The molecule has 3 rings (SSSR count). The lowest BCUT2D eigenvalue weighted by Crippen LogP contribution is -2.14. The highest BCUT2D eigenvalue weighted by atomic mass is 35.5. The molecule has 0 radical (unpaired) electrons. The summed E-state index contributed by atoms with van der Waals surface area (Å²) >= 11 is 12.0. The van der Waals surface area contributed by atoms with Gasteiger partial charge in [0, 0.05) is 5.02 Å². The number of carbonyl (C=O) groups is 2. The average Bonchev–Trinajstić information content (AvgIpc) is 2.75. The van der Waals surface area contributed by atoms with Crippen molar-refractivity contribution >= 4 is 46.8 Å². The van der Waals surface area contributed by atoms with Crippen LogP contribution in [0.3, 0.4) is 0 Å². The van der Waals surface area contributed by atoms with E-state index in [1.165, 1.54) is 6.08 Å². The van der Waals surface area contributed by atoms with E-state index in [2.05, 4.69) is 5.32 Å². The molecule has 3 aromatic carbocycles. The van der Waals surface area contributed by atoms with Crippen LogP contribution in [0.2, 0.25) is 10.0 Å². The highest BCUT2D eigenvalue weighted by Crippen LogP contribution is 2.26. The summed E-state index contributed by atoms with van der Waals surface area (Å²) in [5.41, 5.74) is 1.96. The summed E-state index contributed by atoms with van der Waals surface area (Å²) in [6.07, 6.45) is 1.40. The quantitative estimate of drug-likeness (QED) is 0.221. The number of rotatable bonds is 5. The Hall–Kier alpha value is -3.59. The smallest absolute Gasteiger partial charge is 0.343 e. The van der Waals surface area contributed by atoms with E-state index < -0.39 is 11.9 Å². The molecule has 0 heterocycles. The lowest BCUT2D eigenvalue weighted by atomic mass is 10.1. The third-order valence-corrected chi connectivity index (χ3v) is 4.85. The second kappa shape index (κ2) is 9.94. The van der Waals surface area contributed by atoms with Crippen molar-refractivity contribution in [3.05, 3.63) is 99.0 Å². The Morgan fingerprint density at radius 2 is 1.74 bits per heavy atom. The molecular formula is C24H16Cl2N2O3. The van der Waals surface area contributed by atoms with Gasteiger partial charge in [0.2, 0.25) is 0 Å². The number of nitrogens with one attached hydrogen (secondary N) is 1. The van der Waals surface area contributed by atoms with Crippen LogP contribution in [-0.2, 0) is 4.79 Å². The van der Waals surface area contributed by atoms with E-state index in [9.17, 15) is 14.9 Å². The second-order valence-electron chi connectivity index (χ2n) is 6.52. The van der Waals surface area contributed by atoms with Gasteiger partial charge in [-0.15, -0.1) is 0 Å². The van der Waals surface area contributed by atoms with Crippen LogP contribution in [0.5, 0.6) is 5.75 Å². The first-order valence-corrected chi connectivity index (χ1v) is 9.89. The fourth-order valence-electron chi connectivity index (χ4n) is 2.71. The van der Waals surface area contributed by atoms with Crippen molar-refractivity contribution in [2.24, 2.45) is 0 Å². The Balaban J connectivity index is 1.78. The number of amides is 1. The SMILES string of the molecule is Cc1cccc(Cl)c1NC(=O)/C(C#N)=C/c1cccc(OC(=O)c2ccc(Cl)cc2)c1. The zero-order valence-electron chi connectivity index (χ0n) is 16.4. The molecule has 0 saturated carbocycles. The Bertz CT molecular complexity index is 1190. The number of anilines is 1. The third-order valence-electron chi connectivity index (χ3n) is 4.29. The standard InChI is InChI=1S/C24H16Cl2N2O3/c1-15-4-2-7-21(26)22(15)28-23(29)18(14-27)12-16-5-3-6-20(13-16)31-24(30)17-8-10-19(25)11-9-17/h2-13H,1H3,(H,28,29)/b18-12+. The number of para-hydroxylation sites is 1. The number of halogens is 2. The average molecular weight is 451 g/mol. The summed E-state index contributed by atoms with van der Waals surface area (Å²) in [7, 11) is 0. The van der Waals surface area contributed by atoms with E-state index in [4.69, 9.17) is 27.9 Å². The van der Waals surface area contributed by atoms with Crippen molar-refractivity contribution in [3.63, 3.8) is 0 Å². The molecule has 0 aliphatic carbocycles. The van der Waals surface area contributed by atoms with Crippen LogP contribution < -0.4 is 10.1 Å². The van der Waals surface area contributed by atoms with Crippen LogP contribution in [0.4, 0.5) is 5.69 Å². The number of carbonyl (C=O) groups excluding carboxylic acids is 2. The van der Waals surface area contributed by atoms with E-state index in [0.29, 0.717) is 26.9 Å². The molecule has 0 unspecified atom stereocenters. The number of hydrogen-bond acceptors (Lipinski definition) is 4. The summed E-state index contributed by atoms with van der Waals surface area (Å²) in [5.74, 6) is -0.874. The highest BCUT2D eigenvalue weighted by Gasteiger charge is 2.14. The number of aryl methyl sites for hydroxylation is 1. The van der Waals surface area contributed by atoms with E-state index in [1.807, 2.05) is 6.07 Å². The first-order valence-electron chi connectivity index (χ1n) is 9.13. The minimum atomic E-state index is -0.595. The molecule has 7 heteroatoms. The lowest BCUT2D eigenvalue weighted by Gasteiger charge is -2.10. The van der Waals surface area contributed by atoms with Crippen LogP contribution in [0.15, 0.2) is 72.3 Å². The summed E-state index contributed by atoms with van der Waals surface area (Å²) < 4.78 is 5.37. The molecule has 0 aliphatic heterocycles. The third kappa shape index (κ3) is 5.73. The fourth-order valence-corrected chi connectivity index (χ4v) is 3.10. The Kier molecular flexibility index (Phi) is 7.09. The number of ether oxygens (including phenoxy) is 1. The zero-order valence-corrected chi connectivity index (χ0v) is 17.9. The maximum absolute atomic E-state index is 12.6. The summed E-state index contributed by atoms with van der Waals surface area (Å²) in [4.78, 5) is 24.9. The molecule has 1 N–H and O–H groups in total. The molecule has 31 heavy (non-hydrogen) atoms. The number of benzene rings is 3. The van der Waals surface area contributed by atoms with Gasteiger partial charge < -0.3 is 10.1 Å². The Morgan fingerprint density at radius 1 is 1.03 bits per heavy atom. The van der Waals surface area contributed by atoms with E-state index >= 15 is 0 Å². The second-order valence-corrected chi connectivity index (χ2v) is 7.37. The van der Waals surface area contributed by atoms with Gasteiger partial charge in [-0.05, 0) is 66.6 Å². The lowest BCUT2D eigenvalue weighted by molar-refractivity contribution is -0.112. The van der Waals surface area contributed by atoms with Gasteiger partial charge in [-0.25, -0.2) is 4.79 Å². The van der Waals surface area contributed by atoms with Crippen molar-refractivity contribution in [2.75, 3.05) is 5.32 Å². The number of nitriles is 1. The molecule has 3 aromatic rings. The Labute approximate surface area is 189 Å². The van der Waals surface area contributed by atoms with Gasteiger partial charge in [-0.1, -0.05) is 47.5 Å². The summed E-state index contributed by atoms with van der Waals surface area (Å²) in [6.45, 7) is 1.80. The fraction of sp³-hybridized carbons (Fsp3) is 0.0417. The van der Waals surface area contributed by atoms with Crippen molar-refractivity contribution in [3.8, 4) is 11.8 Å². The van der Waals surface area contributed by atoms with Crippen LogP contribution in [0.25, 0.3) is 6.08 Å². The number of hydrogen-bond donors (Lipinski definition) is 1. The summed E-state index contributed by atoms with van der Waals surface area (Å²) in [5, 5.41) is 13.0. The molecule has 0 atom stereocenters. The van der Waals surface area contributed by atoms with Crippen molar-refractivity contribution in [2.45, 2.75) is 6.92 Å². The largest absolute Gasteiger partial charge is 0.423 e. The minimum absolute atomic E-state index is 0.125. The molecule has 0 spiro atoms. The number of esters is 1. The molecular weight excluding hydrogens is 435 g/mol. The van der Waals surface area contributed by atoms with Gasteiger partial charge in [-0.3, -0.25) is 4.79 Å². The maximum atomic E-state index is 12.6. The molecule has 154 valence electrons. The minimum Gasteiger partial charge on any atom is -0.423 e. The van der Waals surface area contributed by atoms with Gasteiger partial charge in [0.1, 0.15) is 17.4 Å². The first-order chi connectivity index (χ1) is 14.9. The van der Waals surface area contributed by atoms with E-state index in [0.717, 1.165) is 5.56 Å². The predicted octanol–water partition coefficient (Wildman–Crippen LogP) is 6.07. The van der Waals surface area contributed by atoms with Crippen LogP contribution in [0, 0.1) is 18.3 Å². The summed E-state index contributed by atoms with van der Waals surface area (Å²) in [6, 6.07) is 19.9. The van der Waals surface area contributed by atoms with Crippen LogP contribution in [0.1, 0.15) is 21.5 Å². The highest BCUT2D eigenvalue weighted by molar-refractivity contribution is 6.34. The molecule has 0 aromatic heterocycles. The topological polar surface area (TPSA) is 79.2 Å².